The van der Waals surface area contributed by atoms with E-state index in [2.05, 4.69) is 21.9 Å². The van der Waals surface area contributed by atoms with Crippen LogP contribution in [0.15, 0.2) is 67.5 Å². The predicted molar refractivity (Wildman–Crippen MR) is 118 cm³/mol. The second-order valence-corrected chi connectivity index (χ2v) is 7.26. The van der Waals surface area contributed by atoms with Crippen molar-refractivity contribution >= 4 is 28.5 Å². The van der Waals surface area contributed by atoms with Crippen molar-refractivity contribution in [2.45, 2.75) is 12.6 Å². The molecule has 3 heterocycles. The second-order valence-electron chi connectivity index (χ2n) is 7.26. The van der Waals surface area contributed by atoms with Crippen LogP contribution in [0, 0.1) is 0 Å². The number of benzene rings is 2. The summed E-state index contributed by atoms with van der Waals surface area (Å²) in [4.78, 5) is 19.8. The minimum absolute atomic E-state index is 0.363. The number of ether oxygens (including phenoxy) is 1. The fraction of sp³-hybridized carbons (Fsp3) is 0.0870. The Morgan fingerprint density at radius 2 is 1.84 bits per heavy atom. The maximum Gasteiger partial charge on any atom is 0.405 e. The molecular formula is C23H19N5O3. The first-order valence-electron chi connectivity index (χ1n) is 9.67. The molecule has 0 saturated carbocycles. The van der Waals surface area contributed by atoms with Crippen LogP contribution < -0.4 is 15.8 Å². The molecule has 1 atom stereocenters. The van der Waals surface area contributed by atoms with Gasteiger partial charge in [0.1, 0.15) is 29.3 Å². The molecular weight excluding hydrogens is 394 g/mol. The van der Waals surface area contributed by atoms with Crippen LogP contribution in [0.2, 0.25) is 0 Å². The Bertz CT molecular complexity index is 1310. The van der Waals surface area contributed by atoms with Gasteiger partial charge in [0.2, 0.25) is 0 Å². The normalized spacial score (nSPS) is 15.1. The van der Waals surface area contributed by atoms with Crippen LogP contribution in [-0.2, 0) is 6.54 Å². The quantitative estimate of drug-likeness (QED) is 0.463. The van der Waals surface area contributed by atoms with Gasteiger partial charge in [-0.25, -0.2) is 14.8 Å². The van der Waals surface area contributed by atoms with Gasteiger partial charge in [-0.2, -0.15) is 0 Å². The maximum atomic E-state index is 11.2. The summed E-state index contributed by atoms with van der Waals surface area (Å²) in [5.41, 5.74) is 10.1. The first-order valence-corrected chi connectivity index (χ1v) is 9.67. The van der Waals surface area contributed by atoms with Crippen molar-refractivity contribution in [3.8, 4) is 22.6 Å². The number of hydrogen-bond donors (Lipinski definition) is 3. The van der Waals surface area contributed by atoms with Gasteiger partial charge in [0.05, 0.1) is 17.1 Å². The Hall–Kier alpha value is -4.33. The molecule has 4 aromatic rings. The highest BCUT2D eigenvalue weighted by Crippen LogP contribution is 2.44. The van der Waals surface area contributed by atoms with Crippen LogP contribution >= 0.6 is 0 Å². The Morgan fingerprint density at radius 3 is 2.55 bits per heavy atom. The van der Waals surface area contributed by atoms with Crippen LogP contribution in [0.5, 0.6) is 11.5 Å². The van der Waals surface area contributed by atoms with Gasteiger partial charge in [0.25, 0.3) is 0 Å². The van der Waals surface area contributed by atoms with Crippen LogP contribution in [-0.4, -0.2) is 31.8 Å². The molecule has 0 aliphatic carbocycles. The number of rotatable bonds is 4. The number of anilines is 1. The number of carboxylic acid groups (broad SMARTS) is 1. The molecule has 31 heavy (non-hydrogen) atoms. The highest BCUT2D eigenvalue weighted by atomic mass is 16.5. The monoisotopic (exact) mass is 413 g/mol. The molecule has 0 unspecified atom stereocenters. The number of nitrogens with zero attached hydrogens (tertiary/aromatic N) is 3. The van der Waals surface area contributed by atoms with Crippen LogP contribution in [0.1, 0.15) is 5.69 Å². The minimum Gasteiger partial charge on any atom is -0.465 e. The molecule has 0 fully saturated rings. The molecule has 2 aromatic heterocycles. The van der Waals surface area contributed by atoms with Gasteiger partial charge in [-0.05, 0) is 35.4 Å². The Morgan fingerprint density at radius 1 is 1.13 bits per heavy atom. The lowest BCUT2D eigenvalue weighted by molar-refractivity contribution is 0.192. The Balaban J connectivity index is 1.60. The van der Waals surface area contributed by atoms with Gasteiger partial charge < -0.3 is 25.5 Å². The number of amides is 1. The molecule has 4 N–H and O–H groups in total. The summed E-state index contributed by atoms with van der Waals surface area (Å²) in [7, 11) is 0. The number of para-hydroxylation sites is 1. The SMILES string of the molecule is C=C1c2c(-c3ccc(Oc4ccccc4)cc3)c3c(N)ncnc3n2C[C@@H]1NC(=O)O. The summed E-state index contributed by atoms with van der Waals surface area (Å²) in [5, 5.41) is 12.4. The van der Waals surface area contributed by atoms with Gasteiger partial charge in [0, 0.05) is 12.1 Å². The van der Waals surface area contributed by atoms with E-state index in [1.54, 1.807) is 0 Å². The molecule has 0 bridgehead atoms. The third kappa shape index (κ3) is 3.14. The van der Waals surface area contributed by atoms with Crippen LogP contribution in [0.25, 0.3) is 27.7 Å². The molecule has 0 spiro atoms. The number of nitrogens with one attached hydrogen (secondary N) is 1. The number of carbonyl (C=O) groups is 1. The van der Waals surface area contributed by atoms with E-state index in [-0.39, 0.29) is 0 Å². The molecule has 1 aliphatic rings. The summed E-state index contributed by atoms with van der Waals surface area (Å²) in [6, 6.07) is 16.7. The third-order valence-electron chi connectivity index (χ3n) is 5.38. The number of fused-ring (bicyclic) bond motifs is 3. The summed E-state index contributed by atoms with van der Waals surface area (Å²) in [5.74, 6) is 1.81. The van der Waals surface area contributed by atoms with Gasteiger partial charge in [-0.1, -0.05) is 36.9 Å². The summed E-state index contributed by atoms with van der Waals surface area (Å²) < 4.78 is 7.83. The van der Waals surface area contributed by atoms with Crippen LogP contribution in [0.3, 0.4) is 0 Å². The van der Waals surface area contributed by atoms with Crippen molar-refractivity contribution in [3.63, 3.8) is 0 Å². The first kappa shape index (κ1) is 18.7. The molecule has 5 rings (SSSR count). The smallest absolute Gasteiger partial charge is 0.405 e. The van der Waals surface area contributed by atoms with Gasteiger partial charge in [-0.15, -0.1) is 0 Å². The van der Waals surface area contributed by atoms with Crippen molar-refractivity contribution in [3.05, 3.63) is 73.2 Å². The average Bonchev–Trinajstić information content (AvgIpc) is 3.25. The molecule has 8 heteroatoms. The highest BCUT2D eigenvalue weighted by molar-refractivity contribution is 6.07. The number of nitrogen functional groups attached to an aromatic ring is 1. The topological polar surface area (TPSA) is 115 Å². The van der Waals surface area contributed by atoms with E-state index in [1.807, 2.05) is 59.2 Å². The van der Waals surface area contributed by atoms with Crippen molar-refractivity contribution in [1.29, 1.82) is 0 Å². The number of hydrogen-bond acceptors (Lipinski definition) is 5. The molecule has 2 aromatic carbocycles. The van der Waals surface area contributed by atoms with Crippen LogP contribution in [0.4, 0.5) is 10.6 Å². The van der Waals surface area contributed by atoms with E-state index in [4.69, 9.17) is 10.5 Å². The summed E-state index contributed by atoms with van der Waals surface area (Å²) in [6.45, 7) is 4.55. The van der Waals surface area contributed by atoms with E-state index in [0.29, 0.717) is 29.3 Å². The van der Waals surface area contributed by atoms with Crippen molar-refractivity contribution in [2.75, 3.05) is 5.73 Å². The zero-order chi connectivity index (χ0) is 21.5. The Kier molecular flexibility index (Phi) is 4.32. The Labute approximate surface area is 177 Å². The van der Waals surface area contributed by atoms with Gasteiger partial charge in [-0.3, -0.25) is 0 Å². The molecule has 154 valence electrons. The van der Waals surface area contributed by atoms with E-state index in [9.17, 15) is 9.90 Å². The van der Waals surface area contributed by atoms with Crippen molar-refractivity contribution in [2.24, 2.45) is 0 Å². The lowest BCUT2D eigenvalue weighted by Gasteiger charge is -2.12. The molecule has 1 aliphatic heterocycles. The fourth-order valence-electron chi connectivity index (χ4n) is 4.04. The zero-order valence-electron chi connectivity index (χ0n) is 16.4. The number of nitrogens with two attached hydrogens (primary N) is 1. The molecule has 1 amide bonds. The van der Waals surface area contributed by atoms with Gasteiger partial charge >= 0.3 is 6.09 Å². The van der Waals surface area contributed by atoms with Crippen molar-refractivity contribution in [1.82, 2.24) is 19.9 Å². The predicted octanol–water partition coefficient (Wildman–Crippen LogP) is 4.14. The fourth-order valence-corrected chi connectivity index (χ4v) is 4.04. The second kappa shape index (κ2) is 7.17. The third-order valence-corrected chi connectivity index (χ3v) is 5.38. The standard InChI is InChI=1S/C23H19N5O3/c1-13-17(27-23(29)30)11-28-20(13)18(19-21(24)25-12-26-22(19)28)14-7-9-16(10-8-14)31-15-5-3-2-4-6-15/h2-10,12,17,27H,1,11H2,(H,29,30)(H2,24,25,26)/t17-/m0/s1. The van der Waals surface area contributed by atoms with Gasteiger partial charge in [0.15, 0.2) is 0 Å². The lowest BCUT2D eigenvalue weighted by Crippen LogP contribution is -2.33. The number of aromatic nitrogens is 3. The van der Waals surface area contributed by atoms with E-state index in [1.165, 1.54) is 6.33 Å². The molecule has 0 radical (unpaired) electrons. The largest absolute Gasteiger partial charge is 0.465 e. The lowest BCUT2D eigenvalue weighted by atomic mass is 9.98. The van der Waals surface area contributed by atoms with E-state index < -0.39 is 12.1 Å². The first-order chi connectivity index (χ1) is 15.0. The van der Waals surface area contributed by atoms with E-state index in [0.717, 1.165) is 28.0 Å². The summed E-state index contributed by atoms with van der Waals surface area (Å²) in [6.07, 6.45) is 0.311. The van der Waals surface area contributed by atoms with Crippen molar-refractivity contribution < 1.29 is 14.6 Å². The summed E-state index contributed by atoms with van der Waals surface area (Å²) >= 11 is 0. The minimum atomic E-state index is -1.10. The average molecular weight is 413 g/mol. The maximum absolute atomic E-state index is 11.2. The van der Waals surface area contributed by atoms with E-state index >= 15 is 0 Å². The molecule has 0 saturated heterocycles. The highest BCUT2D eigenvalue weighted by Gasteiger charge is 2.34. The zero-order valence-corrected chi connectivity index (χ0v) is 16.4. The molecule has 8 nitrogen and oxygen atoms in total.